The van der Waals surface area contributed by atoms with Gasteiger partial charge in [0, 0.05) is 25.5 Å². The van der Waals surface area contributed by atoms with E-state index >= 15 is 0 Å². The van der Waals surface area contributed by atoms with Crippen molar-refractivity contribution in [1.29, 1.82) is 0 Å². The van der Waals surface area contributed by atoms with Crippen LogP contribution in [0.4, 0.5) is 11.5 Å². The van der Waals surface area contributed by atoms with Gasteiger partial charge in [0.25, 0.3) is 0 Å². The molecule has 0 fully saturated rings. The molecule has 0 saturated carbocycles. The van der Waals surface area contributed by atoms with E-state index in [0.29, 0.717) is 17.2 Å². The zero-order valence-corrected chi connectivity index (χ0v) is 11.6. The predicted molar refractivity (Wildman–Crippen MR) is 76.1 cm³/mol. The number of nitrogens with one attached hydrogen (secondary N) is 1. The van der Waals surface area contributed by atoms with Crippen molar-refractivity contribution >= 4 is 23.1 Å². The summed E-state index contributed by atoms with van der Waals surface area (Å²) in [5.41, 5.74) is 7.13. The highest BCUT2D eigenvalue weighted by atomic mass is 35.5. The highest BCUT2D eigenvalue weighted by Crippen LogP contribution is 2.20. The van der Waals surface area contributed by atoms with Crippen LogP contribution in [0.5, 0.6) is 0 Å². The molecule has 0 unspecified atom stereocenters. The summed E-state index contributed by atoms with van der Waals surface area (Å²) in [6.07, 6.45) is 7.63. The van der Waals surface area contributed by atoms with Crippen molar-refractivity contribution < 1.29 is 0 Å². The van der Waals surface area contributed by atoms with Crippen LogP contribution in [-0.4, -0.2) is 26.1 Å². The summed E-state index contributed by atoms with van der Waals surface area (Å²) in [5.74, 6) is 0.611. The maximum absolute atomic E-state index is 5.88. The van der Waals surface area contributed by atoms with Gasteiger partial charge >= 0.3 is 0 Å². The van der Waals surface area contributed by atoms with Crippen molar-refractivity contribution in [2.45, 2.75) is 26.3 Å². The van der Waals surface area contributed by atoms with Crippen LogP contribution in [0.1, 0.15) is 18.5 Å². The predicted octanol–water partition coefficient (Wildman–Crippen LogP) is 2.11. The van der Waals surface area contributed by atoms with E-state index in [9.17, 15) is 0 Å². The number of nitrogens with zero attached hydrogens (tertiary/aromatic N) is 4. The van der Waals surface area contributed by atoms with E-state index in [4.69, 9.17) is 17.3 Å². The summed E-state index contributed by atoms with van der Waals surface area (Å²) in [5, 5.41) is 3.40. The molecule has 2 rings (SSSR count). The Kier molecular flexibility index (Phi) is 4.57. The monoisotopic (exact) mass is 280 g/mol. The molecule has 0 bridgehead atoms. The van der Waals surface area contributed by atoms with Gasteiger partial charge in [-0.3, -0.25) is 0 Å². The van der Waals surface area contributed by atoms with Gasteiger partial charge in [0.05, 0.1) is 17.7 Å². The zero-order chi connectivity index (χ0) is 13.7. The van der Waals surface area contributed by atoms with Crippen LogP contribution in [0.3, 0.4) is 0 Å². The smallest absolute Gasteiger partial charge is 0.224 e. The summed E-state index contributed by atoms with van der Waals surface area (Å²) in [6.45, 7) is 3.57. The van der Waals surface area contributed by atoms with Crippen LogP contribution in [0.25, 0.3) is 0 Å². The molecule has 6 nitrogen and oxygen atoms in total. The first-order valence-corrected chi connectivity index (χ1v) is 6.54. The Morgan fingerprint density at radius 2 is 2.21 bits per heavy atom. The Bertz CT molecular complexity index is 525. The fraction of sp³-hybridized carbons (Fsp3) is 0.417. The van der Waals surface area contributed by atoms with E-state index in [1.165, 1.54) is 0 Å². The highest BCUT2D eigenvalue weighted by Gasteiger charge is 2.06. The molecule has 7 heteroatoms. The largest absolute Gasteiger partial charge is 0.394 e. The molecule has 0 aliphatic heterocycles. The van der Waals surface area contributed by atoms with Gasteiger partial charge in [-0.05, 0) is 31.4 Å². The Balaban J connectivity index is 1.76. The van der Waals surface area contributed by atoms with E-state index in [-0.39, 0.29) is 5.28 Å². The molecule has 19 heavy (non-hydrogen) atoms. The van der Waals surface area contributed by atoms with Gasteiger partial charge in [0.15, 0.2) is 5.82 Å². The molecular weight excluding hydrogens is 264 g/mol. The second kappa shape index (κ2) is 6.38. The molecule has 0 spiro atoms. The molecule has 2 heterocycles. The number of nitrogens with two attached hydrogens (primary N) is 1. The number of nitrogen functional groups attached to an aromatic ring is 1. The third-order valence-electron chi connectivity index (χ3n) is 2.80. The van der Waals surface area contributed by atoms with E-state index < -0.39 is 0 Å². The van der Waals surface area contributed by atoms with E-state index in [1.54, 1.807) is 6.20 Å². The molecule has 0 saturated heterocycles. The quantitative estimate of drug-likeness (QED) is 0.626. The third-order valence-corrected chi connectivity index (χ3v) is 2.97. The van der Waals surface area contributed by atoms with Gasteiger partial charge < -0.3 is 15.6 Å². The fourth-order valence-corrected chi connectivity index (χ4v) is 1.94. The van der Waals surface area contributed by atoms with Crippen LogP contribution in [0.15, 0.2) is 18.7 Å². The number of hydrogen-bond donors (Lipinski definition) is 2. The molecular formula is C12H17ClN6. The minimum absolute atomic E-state index is 0.215. The van der Waals surface area contributed by atoms with Crippen LogP contribution in [-0.2, 0) is 6.54 Å². The Morgan fingerprint density at radius 3 is 2.95 bits per heavy atom. The Morgan fingerprint density at radius 1 is 1.37 bits per heavy atom. The minimum Gasteiger partial charge on any atom is -0.394 e. The van der Waals surface area contributed by atoms with Crippen LogP contribution < -0.4 is 11.1 Å². The average molecular weight is 281 g/mol. The maximum Gasteiger partial charge on any atom is 0.224 e. The second-order valence-corrected chi connectivity index (χ2v) is 4.61. The SMILES string of the molecule is Cc1nc(Cl)nc(NCCCCn2ccnc2)c1N. The molecule has 0 aromatic carbocycles. The summed E-state index contributed by atoms with van der Waals surface area (Å²) >= 11 is 5.80. The lowest BCUT2D eigenvalue weighted by Gasteiger charge is -2.10. The standard InChI is InChI=1S/C12H17ClN6/c1-9-10(14)11(18-12(13)17-9)16-4-2-3-6-19-7-5-15-8-19/h5,7-8H,2-4,6,14H2,1H3,(H,16,17,18). The van der Waals surface area contributed by atoms with Crippen molar-refractivity contribution in [3.05, 3.63) is 29.7 Å². The van der Waals surface area contributed by atoms with Gasteiger partial charge in [0.1, 0.15) is 0 Å². The number of hydrogen-bond acceptors (Lipinski definition) is 5. The van der Waals surface area contributed by atoms with Crippen molar-refractivity contribution in [3.63, 3.8) is 0 Å². The molecule has 0 aliphatic rings. The topological polar surface area (TPSA) is 81.7 Å². The Labute approximate surface area is 117 Å². The maximum atomic E-state index is 5.88. The molecule has 2 aromatic heterocycles. The van der Waals surface area contributed by atoms with E-state index in [0.717, 1.165) is 25.9 Å². The van der Waals surface area contributed by atoms with Crippen LogP contribution in [0.2, 0.25) is 5.28 Å². The van der Waals surface area contributed by atoms with Gasteiger partial charge in [-0.2, -0.15) is 4.98 Å². The second-order valence-electron chi connectivity index (χ2n) is 4.27. The Hall–Kier alpha value is -1.82. The van der Waals surface area contributed by atoms with Crippen molar-refractivity contribution in [3.8, 4) is 0 Å². The first kappa shape index (κ1) is 13.6. The summed E-state index contributed by atoms with van der Waals surface area (Å²) < 4.78 is 2.06. The first-order chi connectivity index (χ1) is 9.16. The lowest BCUT2D eigenvalue weighted by atomic mass is 10.3. The molecule has 2 aromatic rings. The van der Waals surface area contributed by atoms with Gasteiger partial charge in [-0.25, -0.2) is 9.97 Å². The number of aromatic nitrogens is 4. The van der Waals surface area contributed by atoms with Crippen molar-refractivity contribution in [1.82, 2.24) is 19.5 Å². The fourth-order valence-electron chi connectivity index (χ4n) is 1.73. The third kappa shape index (κ3) is 3.82. The van der Waals surface area contributed by atoms with E-state index in [1.807, 2.05) is 19.4 Å². The molecule has 3 N–H and O–H groups in total. The van der Waals surface area contributed by atoms with Gasteiger partial charge in [-0.15, -0.1) is 0 Å². The number of anilines is 2. The molecule has 0 aliphatic carbocycles. The normalized spacial score (nSPS) is 10.6. The van der Waals surface area contributed by atoms with Crippen LogP contribution in [0, 0.1) is 6.92 Å². The molecule has 102 valence electrons. The first-order valence-electron chi connectivity index (χ1n) is 6.16. The van der Waals surface area contributed by atoms with Crippen molar-refractivity contribution in [2.75, 3.05) is 17.6 Å². The lowest BCUT2D eigenvalue weighted by Crippen LogP contribution is -2.09. The zero-order valence-electron chi connectivity index (χ0n) is 10.8. The number of rotatable bonds is 6. The number of halogens is 1. The molecule has 0 amide bonds. The average Bonchev–Trinajstić information content (AvgIpc) is 2.87. The molecule has 0 atom stereocenters. The van der Waals surface area contributed by atoms with Gasteiger partial charge in [-0.1, -0.05) is 0 Å². The summed E-state index contributed by atoms with van der Waals surface area (Å²) in [6, 6.07) is 0. The summed E-state index contributed by atoms with van der Waals surface area (Å²) in [7, 11) is 0. The number of imidazole rings is 1. The summed E-state index contributed by atoms with van der Waals surface area (Å²) in [4.78, 5) is 12.1. The minimum atomic E-state index is 0.215. The van der Waals surface area contributed by atoms with Crippen LogP contribution >= 0.6 is 11.6 Å². The number of aryl methyl sites for hydroxylation is 2. The van der Waals surface area contributed by atoms with E-state index in [2.05, 4.69) is 24.8 Å². The lowest BCUT2D eigenvalue weighted by molar-refractivity contribution is 0.620. The highest BCUT2D eigenvalue weighted by molar-refractivity contribution is 6.28. The van der Waals surface area contributed by atoms with Gasteiger partial charge in [0.2, 0.25) is 5.28 Å². The molecule has 0 radical (unpaired) electrons. The number of unbranched alkanes of at least 4 members (excludes halogenated alkanes) is 1. The van der Waals surface area contributed by atoms with Crippen molar-refractivity contribution in [2.24, 2.45) is 0 Å².